The van der Waals surface area contributed by atoms with Gasteiger partial charge in [0, 0.05) is 11.3 Å². The van der Waals surface area contributed by atoms with Gasteiger partial charge in [0.2, 0.25) is 5.89 Å². The molecule has 0 saturated carbocycles. The van der Waals surface area contributed by atoms with Gasteiger partial charge in [0.1, 0.15) is 16.6 Å². The lowest BCUT2D eigenvalue weighted by Gasteiger charge is -2.04. The Morgan fingerprint density at radius 3 is 2.72 bits per heavy atom. The van der Waals surface area contributed by atoms with Crippen molar-refractivity contribution in [1.82, 2.24) is 13.7 Å². The van der Waals surface area contributed by atoms with Crippen molar-refractivity contribution in [1.29, 1.82) is 0 Å². The van der Waals surface area contributed by atoms with Crippen LogP contribution < -0.4 is 5.32 Å². The van der Waals surface area contributed by atoms with Gasteiger partial charge >= 0.3 is 0 Å². The van der Waals surface area contributed by atoms with E-state index < -0.39 is 0 Å². The second-order valence-electron chi connectivity index (χ2n) is 6.61. The van der Waals surface area contributed by atoms with Gasteiger partial charge in [-0.25, -0.2) is 4.98 Å². The highest BCUT2D eigenvalue weighted by molar-refractivity contribution is 7.00. The summed E-state index contributed by atoms with van der Waals surface area (Å²) in [5, 5.41) is 3.46. The zero-order chi connectivity index (χ0) is 20.0. The van der Waals surface area contributed by atoms with Crippen molar-refractivity contribution in [3.8, 4) is 11.5 Å². The fourth-order valence-electron chi connectivity index (χ4n) is 3.04. The number of aryl methyl sites for hydroxylation is 1. The number of hydrogen-bond donors (Lipinski definition) is 1. The highest BCUT2D eigenvalue weighted by Gasteiger charge is 2.14. The van der Waals surface area contributed by atoms with E-state index in [1.54, 1.807) is 36.4 Å². The number of carbonyl (C=O) groups excluding carboxylic acids is 1. The van der Waals surface area contributed by atoms with Crippen LogP contribution in [-0.2, 0) is 0 Å². The maximum atomic E-state index is 12.6. The largest absolute Gasteiger partial charge is 0.436 e. The Balaban J connectivity index is 1.44. The van der Waals surface area contributed by atoms with E-state index in [2.05, 4.69) is 19.0 Å². The van der Waals surface area contributed by atoms with Gasteiger partial charge in [-0.1, -0.05) is 17.7 Å². The Labute approximate surface area is 174 Å². The molecule has 0 aliphatic carbocycles. The Morgan fingerprint density at radius 2 is 1.86 bits per heavy atom. The molecule has 29 heavy (non-hydrogen) atoms. The number of anilines is 1. The SMILES string of the molecule is Cc1ccc(-c2nc3cc(NC(=O)c4ccc5nsnc5c4)ccc3o2)c(Cl)c1. The summed E-state index contributed by atoms with van der Waals surface area (Å²) in [6, 6.07) is 16.3. The molecule has 142 valence electrons. The first-order valence-electron chi connectivity index (χ1n) is 8.78. The first-order chi connectivity index (χ1) is 14.1. The molecule has 1 N–H and O–H groups in total. The molecule has 0 bridgehead atoms. The van der Waals surface area contributed by atoms with Gasteiger partial charge in [0.15, 0.2) is 5.58 Å². The molecule has 0 spiro atoms. The van der Waals surface area contributed by atoms with Crippen molar-refractivity contribution in [3.05, 3.63) is 70.7 Å². The molecule has 5 aromatic rings. The van der Waals surface area contributed by atoms with Gasteiger partial charge in [-0.15, -0.1) is 0 Å². The third-order valence-electron chi connectivity index (χ3n) is 4.52. The number of nitrogens with one attached hydrogen (secondary N) is 1. The second kappa shape index (κ2) is 6.95. The predicted octanol–water partition coefficient (Wildman–Crippen LogP) is 5.71. The normalized spacial score (nSPS) is 11.2. The molecule has 1 amide bonds. The fraction of sp³-hybridized carbons (Fsp3) is 0.0476. The van der Waals surface area contributed by atoms with Crippen LogP contribution in [0.4, 0.5) is 5.69 Å². The lowest BCUT2D eigenvalue weighted by atomic mass is 10.1. The zero-order valence-electron chi connectivity index (χ0n) is 15.1. The van der Waals surface area contributed by atoms with E-state index in [0.29, 0.717) is 38.8 Å². The average molecular weight is 421 g/mol. The van der Waals surface area contributed by atoms with Gasteiger partial charge in [-0.2, -0.15) is 8.75 Å². The predicted molar refractivity (Wildman–Crippen MR) is 115 cm³/mol. The molecule has 0 atom stereocenters. The molecule has 6 nitrogen and oxygen atoms in total. The molecule has 8 heteroatoms. The van der Waals surface area contributed by atoms with Crippen molar-refractivity contribution in [2.24, 2.45) is 0 Å². The van der Waals surface area contributed by atoms with E-state index >= 15 is 0 Å². The topological polar surface area (TPSA) is 80.9 Å². The molecule has 5 rings (SSSR count). The van der Waals surface area contributed by atoms with Crippen molar-refractivity contribution < 1.29 is 9.21 Å². The summed E-state index contributed by atoms with van der Waals surface area (Å²) < 4.78 is 14.2. The number of nitrogens with zero attached hydrogens (tertiary/aromatic N) is 3. The van der Waals surface area contributed by atoms with E-state index in [-0.39, 0.29) is 5.91 Å². The van der Waals surface area contributed by atoms with Crippen LogP contribution in [0.5, 0.6) is 0 Å². The molecule has 0 radical (unpaired) electrons. The average Bonchev–Trinajstić information content (AvgIpc) is 3.33. The van der Waals surface area contributed by atoms with Gasteiger partial charge in [0.05, 0.1) is 22.3 Å². The molecule has 3 aromatic carbocycles. The summed E-state index contributed by atoms with van der Waals surface area (Å²) in [4.78, 5) is 17.1. The minimum absolute atomic E-state index is 0.232. The number of halogens is 1. The maximum absolute atomic E-state index is 12.6. The van der Waals surface area contributed by atoms with Crippen LogP contribution in [0, 0.1) is 6.92 Å². The maximum Gasteiger partial charge on any atom is 0.255 e. The molecule has 0 aliphatic heterocycles. The minimum atomic E-state index is -0.232. The lowest BCUT2D eigenvalue weighted by molar-refractivity contribution is 0.102. The Morgan fingerprint density at radius 1 is 1.00 bits per heavy atom. The summed E-state index contributed by atoms with van der Waals surface area (Å²) in [7, 11) is 0. The highest BCUT2D eigenvalue weighted by Crippen LogP contribution is 2.31. The summed E-state index contributed by atoms with van der Waals surface area (Å²) in [6.45, 7) is 1.97. The lowest BCUT2D eigenvalue weighted by Crippen LogP contribution is -2.11. The first kappa shape index (κ1) is 17.8. The van der Waals surface area contributed by atoms with Crippen molar-refractivity contribution in [2.45, 2.75) is 6.92 Å². The second-order valence-corrected chi connectivity index (χ2v) is 7.54. The van der Waals surface area contributed by atoms with Crippen LogP contribution in [0.15, 0.2) is 59.0 Å². The number of amides is 1. The van der Waals surface area contributed by atoms with E-state index in [1.807, 2.05) is 25.1 Å². The van der Waals surface area contributed by atoms with E-state index in [4.69, 9.17) is 16.0 Å². The highest BCUT2D eigenvalue weighted by atomic mass is 35.5. The van der Waals surface area contributed by atoms with Gasteiger partial charge < -0.3 is 9.73 Å². The smallest absolute Gasteiger partial charge is 0.255 e. The number of benzene rings is 3. The monoisotopic (exact) mass is 420 g/mol. The summed E-state index contributed by atoms with van der Waals surface area (Å²) >= 11 is 7.45. The molecule has 2 heterocycles. The quantitative estimate of drug-likeness (QED) is 0.404. The van der Waals surface area contributed by atoms with E-state index in [0.717, 1.165) is 28.4 Å². The van der Waals surface area contributed by atoms with Crippen LogP contribution in [0.3, 0.4) is 0 Å². The van der Waals surface area contributed by atoms with Crippen LogP contribution >= 0.6 is 23.3 Å². The number of aromatic nitrogens is 3. The third-order valence-corrected chi connectivity index (χ3v) is 5.39. The molecule has 2 aromatic heterocycles. The molecule has 0 unspecified atom stereocenters. The van der Waals surface area contributed by atoms with Crippen molar-refractivity contribution in [3.63, 3.8) is 0 Å². The third kappa shape index (κ3) is 3.35. The molecule has 0 aliphatic rings. The molecule has 0 saturated heterocycles. The van der Waals surface area contributed by atoms with Crippen molar-refractivity contribution in [2.75, 3.05) is 5.32 Å². The standard InChI is InChI=1S/C21H13ClN4O2S/c1-11-2-5-14(15(22)8-11)21-24-18-10-13(4-7-19(18)28-21)23-20(27)12-3-6-16-17(9-12)26-29-25-16/h2-10H,1H3,(H,23,27). The molecular formula is C21H13ClN4O2S. The number of oxazole rings is 1. The van der Waals surface area contributed by atoms with Crippen LogP contribution in [0.1, 0.15) is 15.9 Å². The number of hydrogen-bond acceptors (Lipinski definition) is 6. The van der Waals surface area contributed by atoms with Gasteiger partial charge in [0.25, 0.3) is 5.91 Å². The van der Waals surface area contributed by atoms with Gasteiger partial charge in [-0.05, 0) is 61.0 Å². The first-order valence-corrected chi connectivity index (χ1v) is 9.88. The van der Waals surface area contributed by atoms with Crippen molar-refractivity contribution >= 4 is 57.1 Å². The van der Waals surface area contributed by atoms with Gasteiger partial charge in [-0.3, -0.25) is 4.79 Å². The minimum Gasteiger partial charge on any atom is -0.436 e. The molecular weight excluding hydrogens is 408 g/mol. The van der Waals surface area contributed by atoms with E-state index in [1.165, 1.54) is 0 Å². The number of rotatable bonds is 3. The Hall–Kier alpha value is -3.29. The Bertz CT molecular complexity index is 1390. The summed E-state index contributed by atoms with van der Waals surface area (Å²) in [6.07, 6.45) is 0. The zero-order valence-corrected chi connectivity index (χ0v) is 16.7. The van der Waals surface area contributed by atoms with Crippen LogP contribution in [0.2, 0.25) is 5.02 Å². The van der Waals surface area contributed by atoms with E-state index in [9.17, 15) is 4.79 Å². The fourth-order valence-corrected chi connectivity index (χ4v) is 3.87. The van der Waals surface area contributed by atoms with Crippen LogP contribution in [0.25, 0.3) is 33.6 Å². The summed E-state index contributed by atoms with van der Waals surface area (Å²) in [5.41, 5.74) is 5.65. The number of fused-ring (bicyclic) bond motifs is 2. The summed E-state index contributed by atoms with van der Waals surface area (Å²) in [5.74, 6) is 0.208. The van der Waals surface area contributed by atoms with Crippen LogP contribution in [-0.4, -0.2) is 19.6 Å². The Kier molecular flexibility index (Phi) is 4.26. The molecule has 0 fully saturated rings. The number of carbonyl (C=O) groups is 1.